The van der Waals surface area contributed by atoms with Gasteiger partial charge in [0.15, 0.2) is 0 Å². The van der Waals surface area contributed by atoms with Crippen molar-refractivity contribution in [1.82, 2.24) is 4.31 Å². The first kappa shape index (κ1) is 15.6. The molecule has 0 bridgehead atoms. The maximum absolute atomic E-state index is 12.2. The Balaban J connectivity index is 1.86. The molecule has 1 aliphatic carbocycles. The van der Waals surface area contributed by atoms with E-state index in [4.69, 9.17) is 10.8 Å². The number of rotatable bonds is 8. The van der Waals surface area contributed by atoms with Gasteiger partial charge in [0.1, 0.15) is 0 Å². The molecule has 0 spiro atoms. The summed E-state index contributed by atoms with van der Waals surface area (Å²) in [6.07, 6.45) is 1.81. The molecule has 112 valence electrons. The molecular formula is C13H20N2O3S2. The first-order valence-corrected chi connectivity index (χ1v) is 9.21. The molecule has 5 nitrogen and oxygen atoms in total. The number of nitrogen functional groups attached to an aromatic ring is 1. The van der Waals surface area contributed by atoms with Crippen molar-refractivity contribution < 1.29 is 13.5 Å². The van der Waals surface area contributed by atoms with E-state index >= 15 is 0 Å². The van der Waals surface area contributed by atoms with Crippen molar-refractivity contribution in [3.05, 3.63) is 24.3 Å². The van der Waals surface area contributed by atoms with Gasteiger partial charge in [-0.25, -0.2) is 8.42 Å². The first-order chi connectivity index (χ1) is 9.53. The lowest BCUT2D eigenvalue weighted by molar-refractivity contribution is 0.250. The summed E-state index contributed by atoms with van der Waals surface area (Å²) >= 11 is 1.50. The zero-order valence-corrected chi connectivity index (χ0v) is 12.9. The van der Waals surface area contributed by atoms with E-state index in [1.54, 1.807) is 12.1 Å². The van der Waals surface area contributed by atoms with E-state index < -0.39 is 10.0 Å². The van der Waals surface area contributed by atoms with Gasteiger partial charge in [-0.1, -0.05) is 0 Å². The Morgan fingerprint density at radius 1 is 1.30 bits per heavy atom. The number of aliphatic hydroxyl groups excluding tert-OH is 1. The van der Waals surface area contributed by atoms with Gasteiger partial charge in [0.2, 0.25) is 10.0 Å². The molecule has 1 aliphatic rings. The predicted molar refractivity (Wildman–Crippen MR) is 82.2 cm³/mol. The van der Waals surface area contributed by atoms with Crippen LogP contribution in [-0.2, 0) is 10.0 Å². The number of anilines is 1. The molecule has 7 heteroatoms. The second-order valence-corrected chi connectivity index (χ2v) is 8.01. The highest BCUT2D eigenvalue weighted by Gasteiger charge is 2.36. The molecule has 0 heterocycles. The summed E-state index contributed by atoms with van der Waals surface area (Å²) in [5.41, 5.74) is 6.30. The fraction of sp³-hybridized carbons (Fsp3) is 0.538. The molecule has 0 aliphatic heterocycles. The van der Waals surface area contributed by atoms with Crippen LogP contribution in [0.15, 0.2) is 29.2 Å². The van der Waals surface area contributed by atoms with Crippen molar-refractivity contribution in [2.45, 2.75) is 23.8 Å². The van der Waals surface area contributed by atoms with Crippen LogP contribution in [0, 0.1) is 0 Å². The van der Waals surface area contributed by atoms with Crippen LogP contribution in [0.4, 0.5) is 5.69 Å². The third-order valence-corrected chi connectivity index (χ3v) is 6.31. The van der Waals surface area contributed by atoms with E-state index in [9.17, 15) is 8.42 Å². The Hall–Kier alpha value is -0.760. The van der Waals surface area contributed by atoms with Crippen LogP contribution in [-0.4, -0.2) is 48.5 Å². The summed E-state index contributed by atoms with van der Waals surface area (Å²) in [4.78, 5) is 1.01. The minimum atomic E-state index is -3.27. The van der Waals surface area contributed by atoms with Gasteiger partial charge in [-0.2, -0.15) is 4.31 Å². The lowest BCUT2D eigenvalue weighted by Gasteiger charge is -2.20. The lowest BCUT2D eigenvalue weighted by atomic mass is 10.3. The van der Waals surface area contributed by atoms with Gasteiger partial charge >= 0.3 is 0 Å². The predicted octanol–water partition coefficient (Wildman–Crippen LogP) is 1.15. The van der Waals surface area contributed by atoms with Gasteiger partial charge < -0.3 is 10.8 Å². The molecule has 3 N–H and O–H groups in total. The van der Waals surface area contributed by atoms with Gasteiger partial charge in [0, 0.05) is 28.9 Å². The molecule has 0 saturated heterocycles. The second kappa shape index (κ2) is 6.80. The topological polar surface area (TPSA) is 83.6 Å². The number of sulfonamides is 1. The second-order valence-electron chi connectivity index (χ2n) is 4.80. The van der Waals surface area contributed by atoms with Crippen molar-refractivity contribution in [1.29, 1.82) is 0 Å². The monoisotopic (exact) mass is 316 g/mol. The average molecular weight is 316 g/mol. The van der Waals surface area contributed by atoms with Gasteiger partial charge in [0.05, 0.1) is 12.4 Å². The largest absolute Gasteiger partial charge is 0.399 e. The summed E-state index contributed by atoms with van der Waals surface area (Å²) in [6.45, 7) is 0.0837. The summed E-state index contributed by atoms with van der Waals surface area (Å²) in [6, 6.07) is 7.49. The zero-order chi connectivity index (χ0) is 14.6. The van der Waals surface area contributed by atoms with Crippen molar-refractivity contribution in [3.8, 4) is 0 Å². The standard InChI is InChI=1S/C13H20N2O3S2/c14-11-1-5-13(6-2-11)19-9-10-20(17,18)15(7-8-16)12-3-4-12/h1-2,5-6,12,16H,3-4,7-10,14H2. The van der Waals surface area contributed by atoms with Crippen molar-refractivity contribution in [2.75, 3.05) is 30.4 Å². The number of benzene rings is 1. The fourth-order valence-electron chi connectivity index (χ4n) is 1.96. The third kappa shape index (κ3) is 4.37. The molecule has 1 aromatic carbocycles. The van der Waals surface area contributed by atoms with Crippen LogP contribution in [0.3, 0.4) is 0 Å². The summed E-state index contributed by atoms with van der Waals surface area (Å²) in [5.74, 6) is 0.597. The highest BCUT2D eigenvalue weighted by molar-refractivity contribution is 8.00. The average Bonchev–Trinajstić information content (AvgIpc) is 3.22. The van der Waals surface area contributed by atoms with E-state index in [0.29, 0.717) is 11.4 Å². The van der Waals surface area contributed by atoms with Crippen LogP contribution in [0.25, 0.3) is 0 Å². The number of hydrogen-bond acceptors (Lipinski definition) is 5. The third-order valence-electron chi connectivity index (χ3n) is 3.12. The van der Waals surface area contributed by atoms with E-state index in [1.807, 2.05) is 12.1 Å². The van der Waals surface area contributed by atoms with Crippen LogP contribution in [0.5, 0.6) is 0 Å². The lowest BCUT2D eigenvalue weighted by Crippen LogP contribution is -2.37. The highest BCUT2D eigenvalue weighted by Crippen LogP contribution is 2.29. The summed E-state index contributed by atoms with van der Waals surface area (Å²) < 4.78 is 25.9. The van der Waals surface area contributed by atoms with Crippen molar-refractivity contribution in [2.24, 2.45) is 0 Å². The molecule has 1 fully saturated rings. The number of aliphatic hydroxyl groups is 1. The fourth-order valence-corrected chi connectivity index (χ4v) is 4.96. The van der Waals surface area contributed by atoms with E-state index in [0.717, 1.165) is 17.7 Å². The van der Waals surface area contributed by atoms with Crippen molar-refractivity contribution in [3.63, 3.8) is 0 Å². The highest BCUT2D eigenvalue weighted by atomic mass is 32.2. The molecule has 0 unspecified atom stereocenters. The summed E-state index contributed by atoms with van der Waals surface area (Å²) in [5, 5.41) is 8.98. The van der Waals surface area contributed by atoms with E-state index in [1.165, 1.54) is 16.1 Å². The number of nitrogens with zero attached hydrogens (tertiary/aromatic N) is 1. The number of thioether (sulfide) groups is 1. The molecule has 0 atom stereocenters. The number of nitrogens with two attached hydrogens (primary N) is 1. The molecular weight excluding hydrogens is 296 g/mol. The zero-order valence-electron chi connectivity index (χ0n) is 11.2. The maximum atomic E-state index is 12.2. The van der Waals surface area contributed by atoms with Gasteiger partial charge in [-0.3, -0.25) is 0 Å². The van der Waals surface area contributed by atoms with Gasteiger partial charge in [-0.05, 0) is 37.1 Å². The number of hydrogen-bond donors (Lipinski definition) is 2. The van der Waals surface area contributed by atoms with Crippen LogP contribution >= 0.6 is 11.8 Å². The Bertz CT molecular complexity index is 527. The van der Waals surface area contributed by atoms with Crippen LogP contribution < -0.4 is 5.73 Å². The molecule has 2 rings (SSSR count). The smallest absolute Gasteiger partial charge is 0.215 e. The Labute approximate surface area is 124 Å². The first-order valence-electron chi connectivity index (χ1n) is 6.61. The summed E-state index contributed by atoms with van der Waals surface area (Å²) in [7, 11) is -3.27. The molecule has 1 saturated carbocycles. The Kier molecular flexibility index (Phi) is 5.31. The molecule has 1 aromatic rings. The quantitative estimate of drug-likeness (QED) is 0.555. The molecule has 0 aromatic heterocycles. The van der Waals surface area contributed by atoms with Gasteiger partial charge in [0.25, 0.3) is 0 Å². The van der Waals surface area contributed by atoms with Crippen LogP contribution in [0.1, 0.15) is 12.8 Å². The van der Waals surface area contributed by atoms with Crippen LogP contribution in [0.2, 0.25) is 0 Å². The van der Waals surface area contributed by atoms with Crippen molar-refractivity contribution >= 4 is 27.5 Å². The minimum Gasteiger partial charge on any atom is -0.399 e. The maximum Gasteiger partial charge on any atom is 0.215 e. The Morgan fingerprint density at radius 3 is 2.50 bits per heavy atom. The normalized spacial score (nSPS) is 15.7. The molecule has 20 heavy (non-hydrogen) atoms. The Morgan fingerprint density at radius 2 is 1.95 bits per heavy atom. The van der Waals surface area contributed by atoms with E-state index in [-0.39, 0.29) is 24.9 Å². The van der Waals surface area contributed by atoms with Gasteiger partial charge in [-0.15, -0.1) is 11.8 Å². The molecule has 0 radical (unpaired) electrons. The minimum absolute atomic E-state index is 0.0958. The SMILES string of the molecule is Nc1ccc(SCCS(=O)(=O)N(CCO)C2CC2)cc1. The van der Waals surface area contributed by atoms with E-state index in [2.05, 4.69) is 0 Å². The molecule has 0 amide bonds.